The van der Waals surface area contributed by atoms with Gasteiger partial charge in [0.15, 0.2) is 0 Å². The van der Waals surface area contributed by atoms with Gasteiger partial charge in [-0.05, 0) is 32.1 Å². The lowest BCUT2D eigenvalue weighted by Crippen LogP contribution is -2.46. The Hall–Kier alpha value is -1.10. The lowest BCUT2D eigenvalue weighted by Gasteiger charge is -2.23. The van der Waals surface area contributed by atoms with E-state index in [2.05, 4.69) is 5.32 Å². The normalized spacial score (nSPS) is 24.9. The minimum atomic E-state index is -0.271. The smallest absolute Gasteiger partial charge is 0.245 e. The van der Waals surface area contributed by atoms with Gasteiger partial charge in [0.25, 0.3) is 0 Å². The molecule has 1 saturated carbocycles. The molecule has 1 aliphatic heterocycles. The maximum atomic E-state index is 12.3. The van der Waals surface area contributed by atoms with Crippen molar-refractivity contribution in [2.45, 2.75) is 38.6 Å². The topological polar surface area (TPSA) is 58.6 Å². The van der Waals surface area contributed by atoms with Crippen molar-refractivity contribution in [1.29, 1.82) is 0 Å². The van der Waals surface area contributed by atoms with Gasteiger partial charge in [-0.25, -0.2) is 0 Å². The van der Waals surface area contributed by atoms with Crippen LogP contribution < -0.4 is 5.32 Å². The first-order valence-electron chi connectivity index (χ1n) is 6.88. The minimum absolute atomic E-state index is 0.00700. The van der Waals surface area contributed by atoms with E-state index < -0.39 is 0 Å². The van der Waals surface area contributed by atoms with Crippen LogP contribution in [0.1, 0.15) is 32.6 Å². The summed E-state index contributed by atoms with van der Waals surface area (Å²) in [6.45, 7) is 4.58. The average molecular weight is 254 g/mol. The lowest BCUT2D eigenvalue weighted by molar-refractivity contribution is -0.134. The van der Waals surface area contributed by atoms with Crippen LogP contribution in [0.4, 0.5) is 0 Å². The summed E-state index contributed by atoms with van der Waals surface area (Å²) in [5.74, 6) is 0.473. The van der Waals surface area contributed by atoms with Gasteiger partial charge >= 0.3 is 0 Å². The fourth-order valence-electron chi connectivity index (χ4n) is 2.32. The van der Waals surface area contributed by atoms with Crippen LogP contribution in [-0.4, -0.2) is 49.1 Å². The molecule has 1 saturated heterocycles. The molecule has 0 spiro atoms. The maximum Gasteiger partial charge on any atom is 0.245 e. The molecule has 0 aromatic carbocycles. The van der Waals surface area contributed by atoms with Crippen LogP contribution in [0, 0.1) is 5.92 Å². The highest BCUT2D eigenvalue weighted by Gasteiger charge is 2.40. The van der Waals surface area contributed by atoms with E-state index in [-0.39, 0.29) is 17.9 Å². The summed E-state index contributed by atoms with van der Waals surface area (Å²) in [4.78, 5) is 25.7. The van der Waals surface area contributed by atoms with Crippen molar-refractivity contribution in [2.75, 3.05) is 26.3 Å². The fraction of sp³-hybridized carbons (Fsp3) is 0.846. The Bertz CT molecular complexity index is 315. The van der Waals surface area contributed by atoms with E-state index in [9.17, 15) is 9.59 Å². The Labute approximate surface area is 108 Å². The van der Waals surface area contributed by atoms with E-state index in [0.717, 1.165) is 19.3 Å². The fourth-order valence-corrected chi connectivity index (χ4v) is 2.32. The average Bonchev–Trinajstić information content (AvgIpc) is 3.18. The molecule has 18 heavy (non-hydrogen) atoms. The molecule has 1 atom stereocenters. The zero-order chi connectivity index (χ0) is 13.0. The highest BCUT2D eigenvalue weighted by Crippen LogP contribution is 2.34. The van der Waals surface area contributed by atoms with E-state index in [0.29, 0.717) is 38.6 Å². The number of nitrogens with one attached hydrogen (secondary N) is 1. The zero-order valence-corrected chi connectivity index (χ0v) is 11.0. The molecular formula is C13H22N2O3. The zero-order valence-electron chi connectivity index (χ0n) is 11.0. The van der Waals surface area contributed by atoms with Gasteiger partial charge in [0.1, 0.15) is 6.04 Å². The minimum Gasteiger partial charge on any atom is -0.382 e. The van der Waals surface area contributed by atoms with E-state index in [1.807, 2.05) is 11.8 Å². The number of rotatable bonds is 6. The van der Waals surface area contributed by atoms with E-state index in [1.54, 1.807) is 0 Å². The summed E-state index contributed by atoms with van der Waals surface area (Å²) in [6.07, 6.45) is 3.38. The largest absolute Gasteiger partial charge is 0.382 e. The first-order chi connectivity index (χ1) is 8.72. The van der Waals surface area contributed by atoms with E-state index in [4.69, 9.17) is 4.74 Å². The number of hydrogen-bond acceptors (Lipinski definition) is 3. The predicted molar refractivity (Wildman–Crippen MR) is 67.0 cm³/mol. The molecule has 0 radical (unpaired) electrons. The molecule has 5 nitrogen and oxygen atoms in total. The van der Waals surface area contributed by atoms with Crippen LogP contribution in [0.2, 0.25) is 0 Å². The number of nitrogens with zero attached hydrogens (tertiary/aromatic N) is 1. The second-order valence-corrected chi connectivity index (χ2v) is 5.01. The molecule has 0 aromatic heterocycles. The van der Waals surface area contributed by atoms with Gasteiger partial charge < -0.3 is 15.0 Å². The van der Waals surface area contributed by atoms with Crippen LogP contribution >= 0.6 is 0 Å². The summed E-state index contributed by atoms with van der Waals surface area (Å²) >= 11 is 0. The third-order valence-electron chi connectivity index (χ3n) is 3.52. The van der Waals surface area contributed by atoms with Gasteiger partial charge in [-0.1, -0.05) is 0 Å². The molecular weight excluding hydrogens is 232 g/mol. The molecule has 1 unspecified atom stereocenters. The van der Waals surface area contributed by atoms with Crippen LogP contribution in [0.3, 0.4) is 0 Å². The van der Waals surface area contributed by atoms with Crippen molar-refractivity contribution in [3.05, 3.63) is 0 Å². The van der Waals surface area contributed by atoms with Crippen molar-refractivity contribution < 1.29 is 14.3 Å². The van der Waals surface area contributed by atoms with Gasteiger partial charge in [-0.2, -0.15) is 0 Å². The molecule has 0 aromatic rings. The van der Waals surface area contributed by atoms with Crippen molar-refractivity contribution >= 4 is 11.8 Å². The monoisotopic (exact) mass is 254 g/mol. The SMILES string of the molecule is CCOCCCN1CCC(=O)NC(C2CC2)C1=O. The van der Waals surface area contributed by atoms with Crippen molar-refractivity contribution in [3.63, 3.8) is 0 Å². The predicted octanol–water partition coefficient (Wildman–Crippen LogP) is 0.540. The quantitative estimate of drug-likeness (QED) is 0.704. The Morgan fingerprint density at radius 1 is 1.39 bits per heavy atom. The Kier molecular flexibility index (Phi) is 4.58. The standard InChI is InChI=1S/C13H22N2O3/c1-2-18-9-3-7-15-8-6-11(16)14-12(13(15)17)10-4-5-10/h10,12H,2-9H2,1H3,(H,14,16). The third kappa shape index (κ3) is 3.45. The van der Waals surface area contributed by atoms with Crippen LogP contribution in [0.5, 0.6) is 0 Å². The van der Waals surface area contributed by atoms with Crippen LogP contribution in [0.25, 0.3) is 0 Å². The third-order valence-corrected chi connectivity index (χ3v) is 3.52. The molecule has 2 rings (SSSR count). The summed E-state index contributed by atoms with van der Waals surface area (Å²) in [7, 11) is 0. The number of amides is 2. The molecule has 0 bridgehead atoms. The molecule has 1 aliphatic carbocycles. The van der Waals surface area contributed by atoms with Crippen molar-refractivity contribution in [2.24, 2.45) is 5.92 Å². The van der Waals surface area contributed by atoms with Gasteiger partial charge in [0.05, 0.1) is 0 Å². The van der Waals surface area contributed by atoms with Crippen LogP contribution in [0.15, 0.2) is 0 Å². The summed E-state index contributed by atoms with van der Waals surface area (Å²) in [5, 5.41) is 2.86. The molecule has 2 aliphatic rings. The number of carbonyl (C=O) groups excluding carboxylic acids is 2. The maximum absolute atomic E-state index is 12.3. The first kappa shape index (κ1) is 13.3. The molecule has 102 valence electrons. The number of hydrogen-bond donors (Lipinski definition) is 1. The van der Waals surface area contributed by atoms with Gasteiger partial charge in [0, 0.05) is 32.7 Å². The molecule has 1 N–H and O–H groups in total. The summed E-state index contributed by atoms with van der Waals surface area (Å²) < 4.78 is 5.28. The summed E-state index contributed by atoms with van der Waals surface area (Å²) in [6, 6.07) is -0.271. The van der Waals surface area contributed by atoms with Crippen LogP contribution in [-0.2, 0) is 14.3 Å². The van der Waals surface area contributed by atoms with E-state index >= 15 is 0 Å². The van der Waals surface area contributed by atoms with Gasteiger partial charge in [-0.3, -0.25) is 9.59 Å². The Balaban J connectivity index is 1.87. The Morgan fingerprint density at radius 2 is 2.17 bits per heavy atom. The highest BCUT2D eigenvalue weighted by molar-refractivity contribution is 5.90. The number of ether oxygens (including phenoxy) is 1. The Morgan fingerprint density at radius 3 is 2.83 bits per heavy atom. The van der Waals surface area contributed by atoms with Gasteiger partial charge in [0.2, 0.25) is 11.8 Å². The molecule has 1 heterocycles. The van der Waals surface area contributed by atoms with Gasteiger partial charge in [-0.15, -0.1) is 0 Å². The van der Waals surface area contributed by atoms with Crippen molar-refractivity contribution in [1.82, 2.24) is 10.2 Å². The van der Waals surface area contributed by atoms with E-state index in [1.165, 1.54) is 0 Å². The second-order valence-electron chi connectivity index (χ2n) is 5.01. The second kappa shape index (κ2) is 6.18. The first-order valence-corrected chi connectivity index (χ1v) is 6.88. The molecule has 5 heteroatoms. The lowest BCUT2D eigenvalue weighted by atomic mass is 10.1. The summed E-state index contributed by atoms with van der Waals surface area (Å²) in [5.41, 5.74) is 0. The highest BCUT2D eigenvalue weighted by atomic mass is 16.5. The molecule has 2 amide bonds. The molecule has 2 fully saturated rings. The van der Waals surface area contributed by atoms with Crippen molar-refractivity contribution in [3.8, 4) is 0 Å². The number of carbonyl (C=O) groups is 2.